The maximum atomic E-state index is 14.5. The predicted molar refractivity (Wildman–Crippen MR) is 200 cm³/mol. The van der Waals surface area contributed by atoms with Gasteiger partial charge in [-0.05, 0) is 61.2 Å². The van der Waals surface area contributed by atoms with E-state index in [-0.39, 0.29) is 52.0 Å². The summed E-state index contributed by atoms with van der Waals surface area (Å²) in [4.78, 5) is 39.6. The number of aromatic nitrogens is 2. The Kier molecular flexibility index (Phi) is 11.6. The molecule has 0 bridgehead atoms. The maximum Gasteiger partial charge on any atom is 0.420 e. The molecular formula is C38H45F3N8O7S. The monoisotopic (exact) mass is 814 g/mol. The number of imide groups is 1. The van der Waals surface area contributed by atoms with Crippen molar-refractivity contribution >= 4 is 21.8 Å². The van der Waals surface area contributed by atoms with E-state index >= 15 is 0 Å². The summed E-state index contributed by atoms with van der Waals surface area (Å²) in [5.74, 6) is -2.03. The Labute approximate surface area is 328 Å². The van der Waals surface area contributed by atoms with Crippen molar-refractivity contribution in [3.8, 4) is 22.9 Å². The van der Waals surface area contributed by atoms with E-state index < -0.39 is 38.9 Å². The number of allylic oxidation sites excluding steroid dienone is 2. The molecule has 0 saturated carbocycles. The zero-order valence-corrected chi connectivity index (χ0v) is 32.4. The number of hydrogen-bond donors (Lipinski definition) is 2. The molecule has 0 atom stereocenters. The normalized spacial score (nSPS) is 19.3. The smallest absolute Gasteiger partial charge is 0.420 e. The van der Waals surface area contributed by atoms with Crippen LogP contribution < -0.4 is 15.6 Å². The van der Waals surface area contributed by atoms with E-state index in [0.717, 1.165) is 22.7 Å². The lowest BCUT2D eigenvalue weighted by Crippen LogP contribution is -2.58. The Morgan fingerprint density at radius 2 is 1.72 bits per heavy atom. The summed E-state index contributed by atoms with van der Waals surface area (Å²) in [5.41, 5.74) is 4.70. The van der Waals surface area contributed by atoms with Gasteiger partial charge in [-0.25, -0.2) is 13.2 Å². The lowest BCUT2D eigenvalue weighted by Gasteiger charge is -2.43. The maximum absolute atomic E-state index is 14.5. The number of rotatable bonds is 13. The molecule has 4 aliphatic rings. The number of likely N-dealkylation sites (tertiary alicyclic amines) is 1. The van der Waals surface area contributed by atoms with Crippen LogP contribution in [-0.4, -0.2) is 120 Å². The Morgan fingerprint density at radius 1 is 0.965 bits per heavy atom. The van der Waals surface area contributed by atoms with Gasteiger partial charge in [-0.2, -0.15) is 18.2 Å². The molecule has 2 N–H and O–H groups in total. The predicted octanol–water partition coefficient (Wildman–Crippen LogP) is 4.41. The van der Waals surface area contributed by atoms with Gasteiger partial charge in [0.25, 0.3) is 5.91 Å². The summed E-state index contributed by atoms with van der Waals surface area (Å²) in [6.07, 6.45) is 1.55. The largest absolute Gasteiger partial charge is 0.455 e. The van der Waals surface area contributed by atoms with Crippen LogP contribution in [0.3, 0.4) is 0 Å². The third kappa shape index (κ3) is 8.80. The lowest BCUT2D eigenvalue weighted by molar-refractivity contribution is -0.138. The number of hydrogen-bond acceptors (Lipinski definition) is 13. The summed E-state index contributed by atoms with van der Waals surface area (Å²) in [5, 5.41) is 3.89. The Morgan fingerprint density at radius 3 is 2.42 bits per heavy atom. The number of carbonyl (C=O) groups excluding carboxylic acids is 2. The number of piperidine rings is 1. The molecule has 306 valence electrons. The van der Waals surface area contributed by atoms with Gasteiger partial charge in [0.05, 0.1) is 24.5 Å². The van der Waals surface area contributed by atoms with Crippen LogP contribution in [0, 0.1) is 5.92 Å². The first-order chi connectivity index (χ1) is 27.2. The first-order valence-corrected chi connectivity index (χ1v) is 20.5. The molecule has 0 aliphatic carbocycles. The molecule has 1 aromatic heterocycles. The van der Waals surface area contributed by atoms with Crippen LogP contribution in [0.1, 0.15) is 38.1 Å². The van der Waals surface area contributed by atoms with Crippen molar-refractivity contribution < 1.29 is 45.2 Å². The number of benzene rings is 2. The first-order valence-electron chi connectivity index (χ1n) is 18.8. The number of sulfone groups is 1. The average Bonchev–Trinajstić information content (AvgIpc) is 3.72. The molecule has 19 heteroatoms. The second-order valence-corrected chi connectivity index (χ2v) is 16.9. The molecule has 15 nitrogen and oxygen atoms in total. The average molecular weight is 815 g/mol. The summed E-state index contributed by atoms with van der Waals surface area (Å²) in [6, 6.07) is 8.17. The number of ether oxygens (including phenoxy) is 2. The van der Waals surface area contributed by atoms with Crippen LogP contribution >= 0.6 is 0 Å². The van der Waals surface area contributed by atoms with E-state index in [1.807, 2.05) is 12.2 Å². The molecule has 5 heterocycles. The van der Waals surface area contributed by atoms with Crippen LogP contribution in [0.5, 0.6) is 11.5 Å². The molecule has 3 amide bonds. The number of nitrogens with zero attached hydrogens (tertiary/aromatic N) is 6. The van der Waals surface area contributed by atoms with Gasteiger partial charge in [0.15, 0.2) is 9.84 Å². The van der Waals surface area contributed by atoms with Crippen LogP contribution in [-0.2, 0) is 32.1 Å². The molecule has 3 saturated heterocycles. The van der Waals surface area contributed by atoms with E-state index in [0.29, 0.717) is 71.9 Å². The Bertz CT molecular complexity index is 2130. The SMILES string of the molecule is CC(C)CS(=O)(=O)c1ccccc1Oc1ccc(-c2noc(CN3C(=O)N(CCN4CCOCC4)C4(CCN(CC5=CC=CNN5)CC4)C3=O)n2)cc1C(F)(F)F. The second kappa shape index (κ2) is 16.5. The summed E-state index contributed by atoms with van der Waals surface area (Å²) < 4.78 is 86.0. The number of alkyl halides is 3. The minimum atomic E-state index is -4.91. The number of carbonyl (C=O) groups is 2. The fourth-order valence-electron chi connectivity index (χ4n) is 7.57. The Balaban J connectivity index is 1.10. The molecule has 0 unspecified atom stereocenters. The highest BCUT2D eigenvalue weighted by Gasteiger charge is 2.58. The molecule has 7 rings (SSSR count). The topological polar surface area (TPSA) is 163 Å². The number of para-hydroxylation sites is 1. The van der Waals surface area contributed by atoms with Crippen molar-refractivity contribution in [2.45, 2.75) is 49.8 Å². The van der Waals surface area contributed by atoms with Crippen molar-refractivity contribution in [1.82, 2.24) is 40.6 Å². The second-order valence-electron chi connectivity index (χ2n) is 14.9. The van der Waals surface area contributed by atoms with Gasteiger partial charge in [-0.3, -0.25) is 19.5 Å². The third-order valence-electron chi connectivity index (χ3n) is 10.4. The van der Waals surface area contributed by atoms with E-state index in [4.69, 9.17) is 14.0 Å². The molecule has 2 aromatic carbocycles. The van der Waals surface area contributed by atoms with Gasteiger partial charge in [-0.1, -0.05) is 31.1 Å². The molecule has 57 heavy (non-hydrogen) atoms. The number of halogens is 3. The van der Waals surface area contributed by atoms with Gasteiger partial charge < -0.3 is 29.7 Å². The summed E-state index contributed by atoms with van der Waals surface area (Å²) in [6.45, 7) is 8.32. The van der Waals surface area contributed by atoms with Crippen molar-refractivity contribution in [2.75, 3.05) is 64.8 Å². The van der Waals surface area contributed by atoms with Crippen LogP contribution in [0.4, 0.5) is 18.0 Å². The van der Waals surface area contributed by atoms with E-state index in [2.05, 4.69) is 30.8 Å². The van der Waals surface area contributed by atoms with Crippen LogP contribution in [0.15, 0.2) is 75.9 Å². The molecule has 0 radical (unpaired) electrons. The Hall–Kier alpha value is -4.98. The minimum absolute atomic E-state index is 0.0753. The lowest BCUT2D eigenvalue weighted by atomic mass is 9.85. The number of morpholine rings is 1. The van der Waals surface area contributed by atoms with Gasteiger partial charge >= 0.3 is 12.2 Å². The molecule has 4 aliphatic heterocycles. The quantitative estimate of drug-likeness (QED) is 0.234. The van der Waals surface area contributed by atoms with Gasteiger partial charge in [0.2, 0.25) is 11.7 Å². The molecular weight excluding hydrogens is 770 g/mol. The zero-order valence-electron chi connectivity index (χ0n) is 31.6. The molecule has 3 aromatic rings. The molecule has 1 spiro atoms. The van der Waals surface area contributed by atoms with Gasteiger partial charge in [0.1, 0.15) is 28.5 Å². The van der Waals surface area contributed by atoms with E-state index in [1.54, 1.807) is 24.9 Å². The highest BCUT2D eigenvalue weighted by molar-refractivity contribution is 7.91. The zero-order chi connectivity index (χ0) is 40.4. The minimum Gasteiger partial charge on any atom is -0.455 e. The first kappa shape index (κ1) is 40.2. The van der Waals surface area contributed by atoms with E-state index in [9.17, 15) is 31.2 Å². The number of nitrogens with one attached hydrogen (secondary N) is 2. The van der Waals surface area contributed by atoms with Crippen LogP contribution in [0.2, 0.25) is 0 Å². The van der Waals surface area contributed by atoms with Crippen LogP contribution in [0.25, 0.3) is 11.4 Å². The van der Waals surface area contributed by atoms with Gasteiger partial charge in [-0.15, -0.1) is 0 Å². The van der Waals surface area contributed by atoms with E-state index in [1.165, 1.54) is 30.3 Å². The number of hydrazine groups is 1. The standard InChI is InChI=1S/C38H45F3N8O7S/c1-26(2)25-57(52,53)32-8-4-3-7-31(32)55-30-10-9-27(22-29(30)38(39,40)41)34-43-33(56-45-34)24-48-35(50)37(49(36(48)51)17-16-46-18-20-54-21-19-46)11-14-47(15-12-37)23-28-6-5-13-42-44-28/h3-10,13,22,26,42,44H,11-12,14-21,23-25H2,1-2H3. The van der Waals surface area contributed by atoms with Gasteiger partial charge in [0, 0.05) is 63.3 Å². The summed E-state index contributed by atoms with van der Waals surface area (Å²) in [7, 11) is -3.87. The fourth-order valence-corrected chi connectivity index (χ4v) is 9.33. The highest BCUT2D eigenvalue weighted by atomic mass is 32.2. The van der Waals surface area contributed by atoms with Crippen molar-refractivity contribution in [3.05, 3.63) is 78.0 Å². The van der Waals surface area contributed by atoms with Crippen molar-refractivity contribution in [3.63, 3.8) is 0 Å². The number of amides is 3. The van der Waals surface area contributed by atoms with Crippen molar-refractivity contribution in [1.29, 1.82) is 0 Å². The third-order valence-corrected chi connectivity index (χ3v) is 12.5. The highest BCUT2D eigenvalue weighted by Crippen LogP contribution is 2.42. The number of urea groups is 1. The summed E-state index contributed by atoms with van der Waals surface area (Å²) >= 11 is 0. The fraction of sp³-hybridized carbons (Fsp3) is 0.474. The van der Waals surface area contributed by atoms with Crippen molar-refractivity contribution in [2.24, 2.45) is 5.92 Å². The molecule has 3 fully saturated rings.